The Hall–Kier alpha value is -3.29. The van der Waals surface area contributed by atoms with Crippen LogP contribution in [0.15, 0.2) is 36.5 Å². The minimum Gasteiger partial charge on any atom is -0.458 e. The highest BCUT2D eigenvalue weighted by Crippen LogP contribution is 2.44. The van der Waals surface area contributed by atoms with Crippen molar-refractivity contribution in [2.24, 2.45) is 5.92 Å². The topological polar surface area (TPSA) is 110 Å². The molecule has 2 amide bonds. The van der Waals surface area contributed by atoms with Crippen molar-refractivity contribution < 1.29 is 19.1 Å². The van der Waals surface area contributed by atoms with Gasteiger partial charge in [-0.3, -0.25) is 14.4 Å². The largest absolute Gasteiger partial charge is 0.458 e. The number of esters is 1. The summed E-state index contributed by atoms with van der Waals surface area (Å²) in [6.45, 7) is 0.300. The molecule has 0 bridgehead atoms. The Balaban J connectivity index is 1.47. The van der Waals surface area contributed by atoms with Crippen molar-refractivity contribution in [3.8, 4) is 11.4 Å². The van der Waals surface area contributed by atoms with E-state index in [2.05, 4.69) is 20.6 Å². The highest BCUT2D eigenvalue weighted by molar-refractivity contribution is 5.95. The van der Waals surface area contributed by atoms with Crippen LogP contribution in [-0.2, 0) is 20.7 Å². The van der Waals surface area contributed by atoms with Gasteiger partial charge in [0.25, 0.3) is 5.91 Å². The van der Waals surface area contributed by atoms with Crippen molar-refractivity contribution in [1.29, 1.82) is 0 Å². The van der Waals surface area contributed by atoms with Gasteiger partial charge in [-0.2, -0.15) is 0 Å². The Labute approximate surface area is 187 Å². The number of aromatic nitrogens is 2. The maximum Gasteiger partial charge on any atom is 0.307 e. The van der Waals surface area contributed by atoms with Crippen molar-refractivity contribution in [3.63, 3.8) is 0 Å². The van der Waals surface area contributed by atoms with E-state index >= 15 is 0 Å². The smallest absolute Gasteiger partial charge is 0.307 e. The van der Waals surface area contributed by atoms with E-state index in [4.69, 9.17) is 4.74 Å². The molecule has 1 aromatic carbocycles. The average Bonchev–Trinajstić information content (AvgIpc) is 3.14. The van der Waals surface area contributed by atoms with Gasteiger partial charge in [-0.1, -0.05) is 36.8 Å². The van der Waals surface area contributed by atoms with E-state index in [1.807, 2.05) is 30.3 Å². The molecule has 1 spiro atoms. The van der Waals surface area contributed by atoms with Crippen LogP contribution in [0.5, 0.6) is 0 Å². The maximum atomic E-state index is 13.0. The van der Waals surface area contributed by atoms with Gasteiger partial charge in [0.15, 0.2) is 5.82 Å². The Morgan fingerprint density at radius 2 is 1.91 bits per heavy atom. The molecule has 8 heteroatoms. The van der Waals surface area contributed by atoms with Crippen LogP contribution in [0.3, 0.4) is 0 Å². The number of nitrogens with zero attached hydrogens (tertiary/aromatic N) is 2. The summed E-state index contributed by atoms with van der Waals surface area (Å²) in [7, 11) is 1.56. The van der Waals surface area contributed by atoms with Crippen LogP contribution >= 0.6 is 0 Å². The SMILES string of the molecule is CNC(=O)c1cnc(-c2ccccc2)nc1CCNC(=O)C1CC(=O)OC12CCCCC2. The van der Waals surface area contributed by atoms with E-state index < -0.39 is 11.5 Å². The monoisotopic (exact) mass is 436 g/mol. The molecule has 1 unspecified atom stereocenters. The molecular weight excluding hydrogens is 408 g/mol. The van der Waals surface area contributed by atoms with Crippen LogP contribution in [0.1, 0.15) is 54.6 Å². The van der Waals surface area contributed by atoms with Crippen LogP contribution in [0.2, 0.25) is 0 Å². The molecule has 0 radical (unpaired) electrons. The summed E-state index contributed by atoms with van der Waals surface area (Å²) in [6, 6.07) is 9.52. The number of benzene rings is 1. The molecule has 2 N–H and O–H groups in total. The van der Waals surface area contributed by atoms with E-state index in [1.165, 1.54) is 6.20 Å². The molecule has 1 aliphatic carbocycles. The lowest BCUT2D eigenvalue weighted by atomic mass is 9.75. The Morgan fingerprint density at radius 1 is 1.16 bits per heavy atom. The zero-order valence-electron chi connectivity index (χ0n) is 18.2. The summed E-state index contributed by atoms with van der Waals surface area (Å²) < 4.78 is 5.64. The third-order valence-electron chi connectivity index (χ3n) is 6.37. The molecule has 8 nitrogen and oxygen atoms in total. The molecule has 2 aromatic rings. The second-order valence-corrected chi connectivity index (χ2v) is 8.40. The van der Waals surface area contributed by atoms with Gasteiger partial charge in [-0.05, 0) is 25.7 Å². The molecule has 168 valence electrons. The quantitative estimate of drug-likeness (QED) is 0.673. The number of hydrogen-bond donors (Lipinski definition) is 2. The fourth-order valence-electron chi connectivity index (χ4n) is 4.71. The Kier molecular flexibility index (Phi) is 6.48. The first-order valence-electron chi connectivity index (χ1n) is 11.2. The van der Waals surface area contributed by atoms with Gasteiger partial charge in [0, 0.05) is 31.8 Å². The molecule has 1 atom stereocenters. The third-order valence-corrected chi connectivity index (χ3v) is 6.37. The number of amides is 2. The van der Waals surface area contributed by atoms with Gasteiger partial charge in [0.1, 0.15) is 5.60 Å². The van der Waals surface area contributed by atoms with Gasteiger partial charge in [-0.25, -0.2) is 9.97 Å². The summed E-state index contributed by atoms with van der Waals surface area (Å²) in [4.78, 5) is 46.2. The fraction of sp³-hybridized carbons (Fsp3) is 0.458. The first-order valence-corrected chi connectivity index (χ1v) is 11.2. The van der Waals surface area contributed by atoms with Gasteiger partial charge >= 0.3 is 5.97 Å². The molecule has 1 aromatic heterocycles. The normalized spacial score (nSPS) is 19.4. The molecule has 1 saturated heterocycles. The van der Waals surface area contributed by atoms with Gasteiger partial charge in [0.05, 0.1) is 23.6 Å². The second-order valence-electron chi connectivity index (χ2n) is 8.40. The number of hydrogen-bond acceptors (Lipinski definition) is 6. The lowest BCUT2D eigenvalue weighted by Gasteiger charge is -2.36. The molecule has 32 heavy (non-hydrogen) atoms. The lowest BCUT2D eigenvalue weighted by Crippen LogP contribution is -2.46. The number of rotatable bonds is 6. The maximum absolute atomic E-state index is 13.0. The molecule has 2 heterocycles. The lowest BCUT2D eigenvalue weighted by molar-refractivity contribution is -0.153. The van der Waals surface area contributed by atoms with E-state index in [-0.39, 0.29) is 24.2 Å². The molecule has 1 aliphatic heterocycles. The fourth-order valence-corrected chi connectivity index (χ4v) is 4.71. The standard InChI is InChI=1S/C24H28N4O4/c1-25-22(30)17-15-27-21(16-8-4-2-5-9-16)28-19(17)10-13-26-23(31)18-14-20(29)32-24(18)11-6-3-7-12-24/h2,4-5,8-9,15,18H,3,6-7,10-14H2,1H3,(H,25,30)(H,26,31). The van der Waals surface area contributed by atoms with Crippen molar-refractivity contribution in [3.05, 3.63) is 47.8 Å². The summed E-state index contributed by atoms with van der Waals surface area (Å²) in [6.07, 6.45) is 6.53. The Morgan fingerprint density at radius 3 is 2.62 bits per heavy atom. The number of nitrogens with one attached hydrogen (secondary N) is 2. The van der Waals surface area contributed by atoms with E-state index in [0.29, 0.717) is 30.0 Å². The number of ether oxygens (including phenoxy) is 1. The van der Waals surface area contributed by atoms with Crippen LogP contribution in [-0.4, -0.2) is 46.9 Å². The van der Waals surface area contributed by atoms with E-state index in [9.17, 15) is 14.4 Å². The molecule has 1 saturated carbocycles. The third kappa shape index (κ3) is 4.49. The number of carbonyl (C=O) groups excluding carboxylic acids is 3. The predicted octanol–water partition coefficient (Wildman–Crippen LogP) is 2.43. The summed E-state index contributed by atoms with van der Waals surface area (Å²) in [5, 5.41) is 5.55. The van der Waals surface area contributed by atoms with E-state index in [0.717, 1.165) is 37.7 Å². The highest BCUT2D eigenvalue weighted by atomic mass is 16.6. The molecule has 2 aliphatic rings. The second kappa shape index (κ2) is 9.46. The summed E-state index contributed by atoms with van der Waals surface area (Å²) in [5.41, 5.74) is 1.14. The molecule has 2 fully saturated rings. The first-order chi connectivity index (χ1) is 15.5. The van der Waals surface area contributed by atoms with Gasteiger partial charge < -0.3 is 15.4 Å². The van der Waals surface area contributed by atoms with Crippen LogP contribution < -0.4 is 10.6 Å². The van der Waals surface area contributed by atoms with Gasteiger partial charge in [0.2, 0.25) is 5.91 Å². The molecular formula is C24H28N4O4. The van der Waals surface area contributed by atoms with Crippen LogP contribution in [0.4, 0.5) is 0 Å². The van der Waals surface area contributed by atoms with Crippen molar-refractivity contribution >= 4 is 17.8 Å². The van der Waals surface area contributed by atoms with Crippen molar-refractivity contribution in [1.82, 2.24) is 20.6 Å². The minimum atomic E-state index is -0.651. The van der Waals surface area contributed by atoms with Crippen molar-refractivity contribution in [2.75, 3.05) is 13.6 Å². The van der Waals surface area contributed by atoms with Crippen LogP contribution in [0, 0.1) is 5.92 Å². The Bertz CT molecular complexity index is 1000. The zero-order valence-corrected chi connectivity index (χ0v) is 18.2. The minimum absolute atomic E-state index is 0.126. The zero-order chi connectivity index (χ0) is 22.6. The molecule has 4 rings (SSSR count). The predicted molar refractivity (Wildman–Crippen MR) is 118 cm³/mol. The summed E-state index contributed by atoms with van der Waals surface area (Å²) in [5.74, 6) is -0.676. The highest BCUT2D eigenvalue weighted by Gasteiger charge is 2.52. The average molecular weight is 437 g/mol. The first kappa shape index (κ1) is 21.9. The van der Waals surface area contributed by atoms with Crippen LogP contribution in [0.25, 0.3) is 11.4 Å². The summed E-state index contributed by atoms with van der Waals surface area (Å²) >= 11 is 0. The van der Waals surface area contributed by atoms with Gasteiger partial charge in [-0.15, -0.1) is 0 Å². The van der Waals surface area contributed by atoms with Crippen molar-refractivity contribution in [2.45, 2.75) is 50.5 Å². The number of carbonyl (C=O) groups is 3. The van der Waals surface area contributed by atoms with E-state index in [1.54, 1.807) is 7.05 Å².